The monoisotopic (exact) mass is 423 g/mol. The number of amides is 4. The van der Waals surface area contributed by atoms with Crippen molar-refractivity contribution in [2.24, 2.45) is 0 Å². The van der Waals surface area contributed by atoms with Crippen LogP contribution in [-0.2, 0) is 16.0 Å². The minimum absolute atomic E-state index is 0.0864. The van der Waals surface area contributed by atoms with E-state index >= 15 is 0 Å². The fourth-order valence-corrected chi connectivity index (χ4v) is 4.45. The number of anilines is 2. The highest BCUT2D eigenvalue weighted by Gasteiger charge is 2.49. The Morgan fingerprint density at radius 3 is 2.45 bits per heavy atom. The molecule has 1 N–H and O–H groups in total. The highest BCUT2D eigenvalue weighted by atomic mass is 19.1. The number of nitrogens with zero attached hydrogens (tertiary/aromatic N) is 2. The molecule has 2 aromatic rings. The smallest absolute Gasteiger partial charge is 0.326 e. The summed E-state index contributed by atoms with van der Waals surface area (Å²) in [5.41, 5.74) is 2.00. The number of carbonyl (C=O) groups excluding carboxylic acids is 3. The number of aryl methyl sites for hydroxylation is 1. The van der Waals surface area contributed by atoms with Gasteiger partial charge >= 0.3 is 6.03 Å². The molecule has 2 aliphatic rings. The molecule has 1 aliphatic carbocycles. The topological polar surface area (TPSA) is 69.7 Å². The fourth-order valence-electron chi connectivity index (χ4n) is 4.45. The molecule has 4 rings (SSSR count). The third kappa shape index (κ3) is 4.31. The molecule has 0 bridgehead atoms. The number of carbonyl (C=O) groups is 3. The van der Waals surface area contributed by atoms with Crippen molar-refractivity contribution in [2.45, 2.75) is 57.5 Å². The first-order valence-electron chi connectivity index (χ1n) is 10.8. The molecule has 6 nitrogen and oxygen atoms in total. The number of hydrogen-bond donors (Lipinski definition) is 1. The van der Waals surface area contributed by atoms with Gasteiger partial charge in [0.1, 0.15) is 11.9 Å². The van der Waals surface area contributed by atoms with Crippen molar-refractivity contribution in [2.75, 3.05) is 10.2 Å². The molecule has 31 heavy (non-hydrogen) atoms. The highest BCUT2D eigenvalue weighted by molar-refractivity contribution is 6.22. The van der Waals surface area contributed by atoms with Gasteiger partial charge in [0, 0.05) is 11.7 Å². The largest absolute Gasteiger partial charge is 0.332 e. The second kappa shape index (κ2) is 8.88. The molecule has 1 unspecified atom stereocenters. The van der Waals surface area contributed by atoms with Gasteiger partial charge in [-0.15, -0.1) is 0 Å². The maximum Gasteiger partial charge on any atom is 0.332 e. The quantitative estimate of drug-likeness (QED) is 0.696. The molecule has 162 valence electrons. The van der Waals surface area contributed by atoms with Gasteiger partial charge in [-0.3, -0.25) is 9.59 Å². The standard InChI is InChI=1S/C24H26FN3O3/c1-2-16-10-12-18(13-11-16)26-22(29)15-21-23(30)28(20-9-5-6-17(25)14-20)24(31)27(21)19-7-3-4-8-19/h5-6,9-14,19,21H,2-4,7-8,15H2,1H3,(H,26,29). The molecule has 0 aromatic heterocycles. The molecule has 7 heteroatoms. The van der Waals surface area contributed by atoms with Crippen LogP contribution < -0.4 is 10.2 Å². The zero-order chi connectivity index (χ0) is 22.0. The maximum absolute atomic E-state index is 13.7. The summed E-state index contributed by atoms with van der Waals surface area (Å²) < 4.78 is 13.7. The second-order valence-corrected chi connectivity index (χ2v) is 8.10. The van der Waals surface area contributed by atoms with E-state index in [1.54, 1.807) is 4.90 Å². The summed E-state index contributed by atoms with van der Waals surface area (Å²) in [6.45, 7) is 2.05. The van der Waals surface area contributed by atoms with Gasteiger partial charge in [0.05, 0.1) is 12.1 Å². The van der Waals surface area contributed by atoms with Gasteiger partial charge in [0.15, 0.2) is 0 Å². The van der Waals surface area contributed by atoms with Crippen molar-refractivity contribution >= 4 is 29.2 Å². The van der Waals surface area contributed by atoms with E-state index in [4.69, 9.17) is 0 Å². The van der Waals surface area contributed by atoms with Crippen LogP contribution in [-0.4, -0.2) is 34.8 Å². The first kappa shape index (κ1) is 21.0. The zero-order valence-electron chi connectivity index (χ0n) is 17.5. The van der Waals surface area contributed by atoms with Crippen LogP contribution in [0.4, 0.5) is 20.6 Å². The molecule has 1 atom stereocenters. The summed E-state index contributed by atoms with van der Waals surface area (Å²) in [4.78, 5) is 41.7. The van der Waals surface area contributed by atoms with E-state index in [0.717, 1.165) is 42.6 Å². The summed E-state index contributed by atoms with van der Waals surface area (Å²) in [7, 11) is 0. The van der Waals surface area contributed by atoms with Gasteiger partial charge in [-0.25, -0.2) is 14.1 Å². The molecule has 0 spiro atoms. The van der Waals surface area contributed by atoms with E-state index in [1.807, 2.05) is 24.3 Å². The Morgan fingerprint density at radius 2 is 1.81 bits per heavy atom. The Bertz CT molecular complexity index is 986. The predicted molar refractivity (Wildman–Crippen MR) is 116 cm³/mol. The number of nitrogens with one attached hydrogen (secondary N) is 1. The number of halogens is 1. The molecule has 2 fully saturated rings. The summed E-state index contributed by atoms with van der Waals surface area (Å²) >= 11 is 0. The van der Waals surface area contributed by atoms with Gasteiger partial charge in [-0.1, -0.05) is 38.0 Å². The third-order valence-corrected chi connectivity index (χ3v) is 6.06. The van der Waals surface area contributed by atoms with Crippen molar-refractivity contribution in [1.29, 1.82) is 0 Å². The van der Waals surface area contributed by atoms with E-state index in [-0.39, 0.29) is 24.1 Å². The van der Waals surface area contributed by atoms with Gasteiger partial charge in [0.2, 0.25) is 5.91 Å². The van der Waals surface area contributed by atoms with Gasteiger partial charge < -0.3 is 10.2 Å². The fraction of sp³-hybridized carbons (Fsp3) is 0.375. The molecule has 1 aliphatic heterocycles. The summed E-state index contributed by atoms with van der Waals surface area (Å²) in [5.74, 6) is -1.35. The number of rotatable bonds is 6. The summed E-state index contributed by atoms with van der Waals surface area (Å²) in [5, 5.41) is 2.82. The Labute approximate surface area is 181 Å². The molecular weight excluding hydrogens is 397 g/mol. The van der Waals surface area contributed by atoms with E-state index in [9.17, 15) is 18.8 Å². The van der Waals surface area contributed by atoms with Crippen LogP contribution in [0.3, 0.4) is 0 Å². The SMILES string of the molecule is CCc1ccc(NC(=O)CC2C(=O)N(c3cccc(F)c3)C(=O)N2C2CCCC2)cc1. The van der Waals surface area contributed by atoms with Crippen LogP contribution in [0.1, 0.15) is 44.6 Å². The Balaban J connectivity index is 1.56. The van der Waals surface area contributed by atoms with Crippen LogP contribution in [0.25, 0.3) is 0 Å². The Morgan fingerprint density at radius 1 is 1.10 bits per heavy atom. The average molecular weight is 423 g/mol. The van der Waals surface area contributed by atoms with Gasteiger partial charge in [-0.2, -0.15) is 0 Å². The first-order valence-corrected chi connectivity index (χ1v) is 10.8. The maximum atomic E-state index is 13.7. The average Bonchev–Trinajstić information content (AvgIpc) is 3.35. The zero-order valence-corrected chi connectivity index (χ0v) is 17.5. The second-order valence-electron chi connectivity index (χ2n) is 8.10. The molecule has 4 amide bonds. The van der Waals surface area contributed by atoms with Crippen molar-refractivity contribution in [3.8, 4) is 0 Å². The number of urea groups is 1. The van der Waals surface area contributed by atoms with E-state index in [0.29, 0.717) is 5.69 Å². The normalized spacial score (nSPS) is 19.4. The van der Waals surface area contributed by atoms with E-state index in [2.05, 4.69) is 12.2 Å². The van der Waals surface area contributed by atoms with Crippen molar-refractivity contribution in [1.82, 2.24) is 4.90 Å². The first-order chi connectivity index (χ1) is 15.0. The summed E-state index contributed by atoms with van der Waals surface area (Å²) in [6, 6.07) is 11.5. The lowest BCUT2D eigenvalue weighted by Gasteiger charge is -2.27. The summed E-state index contributed by atoms with van der Waals surface area (Å²) in [6.07, 6.45) is 4.32. The Hall–Kier alpha value is -3.22. The molecule has 1 saturated carbocycles. The number of imide groups is 1. The van der Waals surface area contributed by atoms with Crippen LogP contribution >= 0.6 is 0 Å². The van der Waals surface area contributed by atoms with Crippen molar-refractivity contribution in [3.05, 3.63) is 59.9 Å². The lowest BCUT2D eigenvalue weighted by molar-refractivity contribution is -0.124. The number of benzene rings is 2. The number of hydrogen-bond acceptors (Lipinski definition) is 3. The predicted octanol–water partition coefficient (Wildman–Crippen LogP) is 4.50. The van der Waals surface area contributed by atoms with Gasteiger partial charge in [-0.05, 0) is 55.2 Å². The van der Waals surface area contributed by atoms with Crippen molar-refractivity contribution < 1.29 is 18.8 Å². The molecule has 2 aromatic carbocycles. The minimum Gasteiger partial charge on any atom is -0.326 e. The van der Waals surface area contributed by atoms with E-state index < -0.39 is 23.8 Å². The molecule has 0 radical (unpaired) electrons. The molecule has 1 saturated heterocycles. The highest BCUT2D eigenvalue weighted by Crippen LogP contribution is 2.34. The van der Waals surface area contributed by atoms with Crippen LogP contribution in [0.2, 0.25) is 0 Å². The van der Waals surface area contributed by atoms with E-state index in [1.165, 1.54) is 24.3 Å². The Kier molecular flexibility index (Phi) is 6.02. The molecule has 1 heterocycles. The van der Waals surface area contributed by atoms with Crippen LogP contribution in [0.5, 0.6) is 0 Å². The lowest BCUT2D eigenvalue weighted by Crippen LogP contribution is -2.43. The van der Waals surface area contributed by atoms with Gasteiger partial charge in [0.25, 0.3) is 5.91 Å². The van der Waals surface area contributed by atoms with Crippen LogP contribution in [0.15, 0.2) is 48.5 Å². The third-order valence-electron chi connectivity index (χ3n) is 6.06. The van der Waals surface area contributed by atoms with Crippen LogP contribution in [0, 0.1) is 5.82 Å². The minimum atomic E-state index is -0.895. The lowest BCUT2D eigenvalue weighted by atomic mass is 10.1. The molecular formula is C24H26FN3O3. The van der Waals surface area contributed by atoms with Crippen molar-refractivity contribution in [3.63, 3.8) is 0 Å².